The molecule has 2 fully saturated rings. The van der Waals surface area contributed by atoms with Gasteiger partial charge < -0.3 is 5.73 Å². The largest absolute Gasteiger partial charge is 0.382 e. The molecular weight excluding hydrogens is 210 g/mol. The van der Waals surface area contributed by atoms with E-state index in [1.165, 1.54) is 43.4 Å². The zero-order valence-corrected chi connectivity index (χ0v) is 10.9. The predicted molar refractivity (Wildman–Crippen MR) is 69.7 cm³/mol. The molecule has 94 valence electrons. The first kappa shape index (κ1) is 11.1. The molecule has 0 amide bonds. The Morgan fingerprint density at radius 3 is 2.76 bits per heavy atom. The molecule has 3 heteroatoms. The van der Waals surface area contributed by atoms with Gasteiger partial charge in [-0.25, -0.2) is 0 Å². The number of hydrogen-bond donors (Lipinski definition) is 2. The highest BCUT2D eigenvalue weighted by molar-refractivity contribution is 5.44. The van der Waals surface area contributed by atoms with Crippen molar-refractivity contribution in [1.82, 2.24) is 10.2 Å². The van der Waals surface area contributed by atoms with Crippen molar-refractivity contribution in [3.8, 4) is 0 Å². The fraction of sp³-hybridized carbons (Fsp3) is 0.786. The molecule has 2 aliphatic rings. The molecule has 0 aliphatic heterocycles. The molecule has 3 atom stereocenters. The maximum Gasteiger partial charge on any atom is 0.148 e. The van der Waals surface area contributed by atoms with Crippen LogP contribution in [0.4, 0.5) is 5.82 Å². The number of aromatic nitrogens is 2. The zero-order chi connectivity index (χ0) is 12.0. The van der Waals surface area contributed by atoms with Crippen molar-refractivity contribution in [1.29, 1.82) is 0 Å². The van der Waals surface area contributed by atoms with Gasteiger partial charge in [0.25, 0.3) is 0 Å². The number of nitrogens with zero attached hydrogens (tertiary/aromatic N) is 1. The van der Waals surface area contributed by atoms with E-state index in [0.29, 0.717) is 11.7 Å². The quantitative estimate of drug-likeness (QED) is 0.843. The van der Waals surface area contributed by atoms with Gasteiger partial charge in [0, 0.05) is 11.3 Å². The number of fused-ring (bicyclic) bond motifs is 2. The molecule has 2 bridgehead atoms. The highest BCUT2D eigenvalue weighted by Crippen LogP contribution is 2.49. The Bertz CT molecular complexity index is 408. The number of anilines is 1. The molecule has 3 nitrogen and oxygen atoms in total. The molecule has 2 saturated carbocycles. The Morgan fingerprint density at radius 2 is 2.18 bits per heavy atom. The van der Waals surface area contributed by atoms with Gasteiger partial charge in [0.2, 0.25) is 0 Å². The third kappa shape index (κ3) is 1.85. The van der Waals surface area contributed by atoms with Crippen molar-refractivity contribution < 1.29 is 0 Å². The number of nitrogen functional groups attached to an aromatic ring is 1. The molecule has 0 radical (unpaired) electrons. The van der Waals surface area contributed by atoms with E-state index in [-0.39, 0.29) is 0 Å². The molecule has 1 aromatic rings. The van der Waals surface area contributed by atoms with Crippen molar-refractivity contribution in [2.75, 3.05) is 5.73 Å². The summed E-state index contributed by atoms with van der Waals surface area (Å²) in [5.41, 5.74) is 8.51. The molecule has 1 aromatic heterocycles. The number of aromatic amines is 1. The van der Waals surface area contributed by atoms with E-state index in [2.05, 4.69) is 24.0 Å². The Balaban J connectivity index is 1.77. The van der Waals surface area contributed by atoms with Crippen molar-refractivity contribution in [2.24, 2.45) is 17.8 Å². The fourth-order valence-corrected chi connectivity index (χ4v) is 4.09. The van der Waals surface area contributed by atoms with Gasteiger partial charge in [0.05, 0.1) is 0 Å². The first-order valence-electron chi connectivity index (χ1n) is 6.97. The van der Waals surface area contributed by atoms with E-state index < -0.39 is 0 Å². The van der Waals surface area contributed by atoms with Gasteiger partial charge in [0.15, 0.2) is 0 Å². The maximum atomic E-state index is 5.95. The third-order valence-electron chi connectivity index (χ3n) is 4.84. The van der Waals surface area contributed by atoms with Crippen LogP contribution in [0.15, 0.2) is 0 Å². The summed E-state index contributed by atoms with van der Waals surface area (Å²) in [7, 11) is 0. The van der Waals surface area contributed by atoms with Gasteiger partial charge in [-0.05, 0) is 49.4 Å². The van der Waals surface area contributed by atoms with Gasteiger partial charge in [0.1, 0.15) is 5.82 Å². The van der Waals surface area contributed by atoms with Crippen molar-refractivity contribution in [3.63, 3.8) is 0 Å². The van der Waals surface area contributed by atoms with Crippen LogP contribution in [0.25, 0.3) is 0 Å². The highest BCUT2D eigenvalue weighted by atomic mass is 15.2. The van der Waals surface area contributed by atoms with Crippen molar-refractivity contribution in [3.05, 3.63) is 11.3 Å². The van der Waals surface area contributed by atoms with Crippen LogP contribution < -0.4 is 5.73 Å². The third-order valence-corrected chi connectivity index (χ3v) is 4.84. The summed E-state index contributed by atoms with van der Waals surface area (Å²) in [5, 5.41) is 7.36. The minimum atomic E-state index is 0.474. The number of nitrogens with two attached hydrogens (primary N) is 1. The zero-order valence-electron chi connectivity index (χ0n) is 10.9. The van der Waals surface area contributed by atoms with Gasteiger partial charge in [-0.2, -0.15) is 5.10 Å². The first-order valence-corrected chi connectivity index (χ1v) is 6.97. The number of rotatable bonds is 3. The van der Waals surface area contributed by atoms with Gasteiger partial charge in [-0.15, -0.1) is 0 Å². The molecule has 3 rings (SSSR count). The second-order valence-corrected chi connectivity index (χ2v) is 6.29. The number of H-pyrrole nitrogens is 1. The van der Waals surface area contributed by atoms with E-state index in [1.807, 2.05) is 0 Å². The predicted octanol–water partition coefficient (Wildman–Crippen LogP) is 3.09. The second kappa shape index (κ2) is 4.04. The van der Waals surface area contributed by atoms with Crippen molar-refractivity contribution >= 4 is 5.82 Å². The smallest absolute Gasteiger partial charge is 0.148 e. The van der Waals surface area contributed by atoms with E-state index in [0.717, 1.165) is 17.8 Å². The molecule has 17 heavy (non-hydrogen) atoms. The Hall–Kier alpha value is -0.990. The molecule has 0 spiro atoms. The van der Waals surface area contributed by atoms with E-state index >= 15 is 0 Å². The normalized spacial score (nSPS) is 31.6. The van der Waals surface area contributed by atoms with Crippen LogP contribution in [0, 0.1) is 17.8 Å². The van der Waals surface area contributed by atoms with Gasteiger partial charge in [-0.1, -0.05) is 20.3 Å². The summed E-state index contributed by atoms with van der Waals surface area (Å²) in [5.74, 6) is 4.06. The summed E-state index contributed by atoms with van der Waals surface area (Å²) in [6.07, 6.45) is 7.00. The van der Waals surface area contributed by atoms with Crippen LogP contribution >= 0.6 is 0 Å². The van der Waals surface area contributed by atoms with Gasteiger partial charge >= 0.3 is 0 Å². The lowest BCUT2D eigenvalue weighted by atomic mass is 9.84. The Morgan fingerprint density at radius 1 is 1.35 bits per heavy atom. The first-order chi connectivity index (χ1) is 8.15. The van der Waals surface area contributed by atoms with Crippen molar-refractivity contribution in [2.45, 2.75) is 51.9 Å². The van der Waals surface area contributed by atoms with Gasteiger partial charge in [-0.3, -0.25) is 5.10 Å². The van der Waals surface area contributed by atoms with Crippen LogP contribution in [-0.2, 0) is 6.42 Å². The maximum absolute atomic E-state index is 5.95. The molecule has 0 aromatic carbocycles. The standard InChI is InChI=1S/C14H23N3/c1-8(2)13-12(16-17-14(13)15)7-11-6-9-3-4-10(11)5-9/h8-11H,3-7H2,1-2H3,(H3,15,16,17). The second-order valence-electron chi connectivity index (χ2n) is 6.29. The lowest BCUT2D eigenvalue weighted by molar-refractivity contribution is 0.328. The van der Waals surface area contributed by atoms with Crippen LogP contribution in [0.5, 0.6) is 0 Å². The summed E-state index contributed by atoms with van der Waals surface area (Å²) in [6, 6.07) is 0. The minimum Gasteiger partial charge on any atom is -0.382 e. The molecule has 0 saturated heterocycles. The van der Waals surface area contributed by atoms with Crippen LogP contribution in [0.3, 0.4) is 0 Å². The summed E-state index contributed by atoms with van der Waals surface area (Å²) < 4.78 is 0. The number of hydrogen-bond acceptors (Lipinski definition) is 2. The lowest BCUT2D eigenvalue weighted by Crippen LogP contribution is -2.14. The van der Waals surface area contributed by atoms with Crippen LogP contribution in [0.1, 0.15) is 56.7 Å². The lowest BCUT2D eigenvalue weighted by Gasteiger charge is -2.21. The molecular formula is C14H23N3. The summed E-state index contributed by atoms with van der Waals surface area (Å²) in [4.78, 5) is 0. The SMILES string of the molecule is CC(C)c1c(N)n[nH]c1CC1CC2CCC1C2. The average molecular weight is 233 g/mol. The fourth-order valence-electron chi connectivity index (χ4n) is 4.09. The minimum absolute atomic E-state index is 0.474. The monoisotopic (exact) mass is 233 g/mol. The van der Waals surface area contributed by atoms with E-state index in [4.69, 9.17) is 5.73 Å². The van der Waals surface area contributed by atoms with E-state index in [9.17, 15) is 0 Å². The van der Waals surface area contributed by atoms with E-state index in [1.54, 1.807) is 0 Å². The topological polar surface area (TPSA) is 54.7 Å². The number of nitrogens with one attached hydrogen (secondary N) is 1. The molecule has 1 heterocycles. The molecule has 3 N–H and O–H groups in total. The van der Waals surface area contributed by atoms with Crippen LogP contribution in [0.2, 0.25) is 0 Å². The summed E-state index contributed by atoms with van der Waals surface area (Å²) >= 11 is 0. The Labute approximate surface area is 103 Å². The Kier molecular flexibility index (Phi) is 2.64. The average Bonchev–Trinajstić information content (AvgIpc) is 2.93. The summed E-state index contributed by atoms with van der Waals surface area (Å²) in [6.45, 7) is 4.40. The molecule has 2 aliphatic carbocycles. The molecule has 3 unspecified atom stereocenters. The highest BCUT2D eigenvalue weighted by Gasteiger charge is 2.39. The van der Waals surface area contributed by atoms with Crippen LogP contribution in [-0.4, -0.2) is 10.2 Å².